The summed E-state index contributed by atoms with van der Waals surface area (Å²) in [7, 11) is 0. The van der Waals surface area contributed by atoms with Crippen LogP contribution in [0.1, 0.15) is 26.7 Å². The van der Waals surface area contributed by atoms with Crippen LogP contribution in [0.15, 0.2) is 23.8 Å². The molecule has 0 unspecified atom stereocenters. The van der Waals surface area contributed by atoms with Crippen molar-refractivity contribution < 1.29 is 0 Å². The number of nitrogens with zero attached hydrogens (tertiary/aromatic N) is 1. The molecule has 82 valence electrons. The van der Waals surface area contributed by atoms with Gasteiger partial charge in [0.05, 0.1) is 0 Å². The predicted octanol–water partition coefficient (Wildman–Crippen LogP) is 2.85. The Balaban J connectivity index is 2.40. The van der Waals surface area contributed by atoms with Gasteiger partial charge in [-0.2, -0.15) is 0 Å². The zero-order valence-corrected chi connectivity index (χ0v) is 9.87. The molecule has 1 fully saturated rings. The predicted molar refractivity (Wildman–Crippen MR) is 66.6 cm³/mol. The summed E-state index contributed by atoms with van der Waals surface area (Å²) in [5.41, 5.74) is 1.32. The van der Waals surface area contributed by atoms with Gasteiger partial charge in [-0.15, -0.1) is 6.42 Å². The van der Waals surface area contributed by atoms with E-state index in [1.54, 1.807) is 6.08 Å². The Hall–Kier alpha value is -1.00. The summed E-state index contributed by atoms with van der Waals surface area (Å²) in [5, 5.41) is 0. The molecule has 1 aliphatic rings. The molecule has 0 bridgehead atoms. The zero-order valence-electron chi connectivity index (χ0n) is 9.87. The molecule has 1 rings (SSSR count). The summed E-state index contributed by atoms with van der Waals surface area (Å²) in [6.45, 7) is 7.90. The van der Waals surface area contributed by atoms with Gasteiger partial charge >= 0.3 is 0 Å². The Kier molecular flexibility index (Phi) is 5.21. The smallest absolute Gasteiger partial charge is 0.0230 e. The number of terminal acetylenes is 1. The van der Waals surface area contributed by atoms with E-state index in [0.717, 1.165) is 12.5 Å². The minimum absolute atomic E-state index is 0.900. The monoisotopic (exact) mass is 203 g/mol. The molecule has 1 heteroatoms. The van der Waals surface area contributed by atoms with Crippen molar-refractivity contribution in [1.82, 2.24) is 4.90 Å². The van der Waals surface area contributed by atoms with Crippen molar-refractivity contribution in [2.75, 3.05) is 19.6 Å². The SMILES string of the molecule is C#C/C=C\C(=C/C)CN1CCC(C)CC1. The van der Waals surface area contributed by atoms with Crippen molar-refractivity contribution in [3.05, 3.63) is 23.8 Å². The first-order valence-electron chi connectivity index (χ1n) is 5.76. The fourth-order valence-corrected chi connectivity index (χ4v) is 1.87. The van der Waals surface area contributed by atoms with Gasteiger partial charge in [0.1, 0.15) is 0 Å². The fourth-order valence-electron chi connectivity index (χ4n) is 1.87. The van der Waals surface area contributed by atoms with Crippen molar-refractivity contribution in [2.45, 2.75) is 26.7 Å². The van der Waals surface area contributed by atoms with Gasteiger partial charge in [0.2, 0.25) is 0 Å². The second-order valence-electron chi connectivity index (χ2n) is 4.32. The van der Waals surface area contributed by atoms with Gasteiger partial charge < -0.3 is 0 Å². The molecule has 0 saturated carbocycles. The maximum Gasteiger partial charge on any atom is 0.0230 e. The Morgan fingerprint density at radius 2 is 2.13 bits per heavy atom. The van der Waals surface area contributed by atoms with Gasteiger partial charge in [-0.1, -0.05) is 18.9 Å². The maximum absolute atomic E-state index is 5.21. The first-order valence-corrected chi connectivity index (χ1v) is 5.76. The van der Waals surface area contributed by atoms with Crippen LogP contribution in [0.3, 0.4) is 0 Å². The molecular formula is C14H21N. The highest BCUT2D eigenvalue weighted by Crippen LogP contribution is 2.17. The summed E-state index contributed by atoms with van der Waals surface area (Å²) < 4.78 is 0. The molecule has 1 saturated heterocycles. The molecule has 1 nitrogen and oxygen atoms in total. The molecule has 0 aliphatic carbocycles. The van der Waals surface area contributed by atoms with Gasteiger partial charge in [0, 0.05) is 6.54 Å². The van der Waals surface area contributed by atoms with E-state index in [-0.39, 0.29) is 0 Å². The Morgan fingerprint density at radius 3 is 2.67 bits per heavy atom. The topological polar surface area (TPSA) is 3.24 Å². The van der Waals surface area contributed by atoms with Crippen LogP contribution in [-0.2, 0) is 0 Å². The Morgan fingerprint density at radius 1 is 1.47 bits per heavy atom. The van der Waals surface area contributed by atoms with Gasteiger partial charge in [-0.3, -0.25) is 4.90 Å². The average molecular weight is 203 g/mol. The number of likely N-dealkylation sites (tertiary alicyclic amines) is 1. The van der Waals surface area contributed by atoms with Crippen LogP contribution in [0.25, 0.3) is 0 Å². The Bertz CT molecular complexity index is 272. The summed E-state index contributed by atoms with van der Waals surface area (Å²) in [5.74, 6) is 3.44. The molecule has 0 N–H and O–H groups in total. The molecule has 15 heavy (non-hydrogen) atoms. The van der Waals surface area contributed by atoms with Gasteiger partial charge in [0.25, 0.3) is 0 Å². The lowest BCUT2D eigenvalue weighted by molar-refractivity contribution is 0.207. The second-order valence-corrected chi connectivity index (χ2v) is 4.32. The normalized spacial score (nSPS) is 20.7. The summed E-state index contributed by atoms with van der Waals surface area (Å²) >= 11 is 0. The third kappa shape index (κ3) is 4.36. The van der Waals surface area contributed by atoms with E-state index in [2.05, 4.69) is 30.7 Å². The lowest BCUT2D eigenvalue weighted by Gasteiger charge is -2.30. The maximum atomic E-state index is 5.21. The highest BCUT2D eigenvalue weighted by molar-refractivity contribution is 5.25. The minimum atomic E-state index is 0.900. The van der Waals surface area contributed by atoms with Crippen molar-refractivity contribution in [2.24, 2.45) is 5.92 Å². The average Bonchev–Trinajstić information content (AvgIpc) is 2.27. The van der Waals surface area contributed by atoms with Gasteiger partial charge in [0.15, 0.2) is 0 Å². The highest BCUT2D eigenvalue weighted by Gasteiger charge is 2.15. The van der Waals surface area contributed by atoms with Crippen LogP contribution in [0.4, 0.5) is 0 Å². The highest BCUT2D eigenvalue weighted by atomic mass is 15.1. The summed E-state index contributed by atoms with van der Waals surface area (Å²) in [6.07, 6.45) is 13.8. The van der Waals surface area contributed by atoms with E-state index < -0.39 is 0 Å². The van der Waals surface area contributed by atoms with Crippen LogP contribution < -0.4 is 0 Å². The molecule has 0 aromatic heterocycles. The van der Waals surface area contributed by atoms with E-state index in [4.69, 9.17) is 6.42 Å². The number of piperidine rings is 1. The molecular weight excluding hydrogens is 182 g/mol. The number of rotatable bonds is 3. The first kappa shape index (κ1) is 12.1. The molecule has 0 spiro atoms. The number of allylic oxidation sites excluding steroid dienone is 2. The number of hydrogen-bond donors (Lipinski definition) is 0. The van der Waals surface area contributed by atoms with Crippen LogP contribution in [0.2, 0.25) is 0 Å². The van der Waals surface area contributed by atoms with E-state index in [1.165, 1.54) is 31.5 Å². The third-order valence-electron chi connectivity index (χ3n) is 3.05. The summed E-state index contributed by atoms with van der Waals surface area (Å²) in [6, 6.07) is 0. The van der Waals surface area contributed by atoms with Crippen LogP contribution in [0.5, 0.6) is 0 Å². The number of hydrogen-bond acceptors (Lipinski definition) is 1. The second kappa shape index (κ2) is 6.48. The van der Waals surface area contributed by atoms with Gasteiger partial charge in [-0.05, 0) is 56.5 Å². The molecule has 0 aromatic carbocycles. The molecule has 1 aliphatic heterocycles. The molecule has 0 amide bonds. The molecule has 0 aromatic rings. The van der Waals surface area contributed by atoms with E-state index in [1.807, 2.05) is 6.08 Å². The summed E-state index contributed by atoms with van der Waals surface area (Å²) in [4.78, 5) is 2.51. The van der Waals surface area contributed by atoms with E-state index >= 15 is 0 Å². The Labute approximate surface area is 93.9 Å². The lowest BCUT2D eigenvalue weighted by Crippen LogP contribution is -2.34. The zero-order chi connectivity index (χ0) is 11.1. The largest absolute Gasteiger partial charge is 0.299 e. The van der Waals surface area contributed by atoms with Crippen molar-refractivity contribution in [3.63, 3.8) is 0 Å². The van der Waals surface area contributed by atoms with Crippen LogP contribution >= 0.6 is 0 Å². The third-order valence-corrected chi connectivity index (χ3v) is 3.05. The molecule has 0 radical (unpaired) electrons. The minimum Gasteiger partial charge on any atom is -0.299 e. The van der Waals surface area contributed by atoms with Crippen molar-refractivity contribution in [1.29, 1.82) is 0 Å². The lowest BCUT2D eigenvalue weighted by atomic mass is 9.99. The first-order chi connectivity index (χ1) is 7.26. The van der Waals surface area contributed by atoms with E-state index in [0.29, 0.717) is 0 Å². The van der Waals surface area contributed by atoms with Crippen LogP contribution in [-0.4, -0.2) is 24.5 Å². The van der Waals surface area contributed by atoms with Gasteiger partial charge in [-0.25, -0.2) is 0 Å². The molecule has 0 atom stereocenters. The van der Waals surface area contributed by atoms with Crippen LogP contribution in [0, 0.1) is 18.3 Å². The van der Waals surface area contributed by atoms with Crippen molar-refractivity contribution >= 4 is 0 Å². The van der Waals surface area contributed by atoms with E-state index in [9.17, 15) is 0 Å². The fraction of sp³-hybridized carbons (Fsp3) is 0.571. The molecule has 1 heterocycles. The van der Waals surface area contributed by atoms with Crippen molar-refractivity contribution in [3.8, 4) is 12.3 Å². The standard InChI is InChI=1S/C14H21N/c1-4-6-7-14(5-2)12-15-10-8-13(3)9-11-15/h1,5-7,13H,8-12H2,2-3H3/b7-6-,14-5+. The quantitative estimate of drug-likeness (QED) is 0.503.